The van der Waals surface area contributed by atoms with E-state index in [-0.39, 0.29) is 11.7 Å². The normalized spacial score (nSPS) is 18.6. The fraction of sp³-hybridized carbons (Fsp3) is 0.0526. The predicted octanol–water partition coefficient (Wildman–Crippen LogP) is 3.75. The molecule has 0 saturated heterocycles. The fourth-order valence-corrected chi connectivity index (χ4v) is 3.05. The molecule has 4 rings (SSSR count). The van der Waals surface area contributed by atoms with Gasteiger partial charge in [0.25, 0.3) is 0 Å². The predicted molar refractivity (Wildman–Crippen MR) is 85.6 cm³/mol. The summed E-state index contributed by atoms with van der Waals surface area (Å²) in [6, 6.07) is 18.0. The Balaban J connectivity index is 1.92. The molecule has 0 fully saturated rings. The molecule has 1 aliphatic carbocycles. The van der Waals surface area contributed by atoms with Crippen LogP contribution in [-0.2, 0) is 0 Å². The first-order valence-corrected chi connectivity index (χ1v) is 7.22. The molecule has 0 amide bonds. The van der Waals surface area contributed by atoms with Crippen molar-refractivity contribution in [1.29, 1.82) is 0 Å². The highest BCUT2D eigenvalue weighted by Crippen LogP contribution is 2.42. The molecule has 1 atom stereocenters. The zero-order chi connectivity index (χ0) is 14.9. The highest BCUT2D eigenvalue weighted by atomic mass is 16.1. The van der Waals surface area contributed by atoms with Gasteiger partial charge in [-0.25, -0.2) is 4.98 Å². The molecule has 22 heavy (non-hydrogen) atoms. The zero-order valence-electron chi connectivity index (χ0n) is 11.9. The summed E-state index contributed by atoms with van der Waals surface area (Å²) in [4.78, 5) is 16.8. The van der Waals surface area contributed by atoms with E-state index in [1.165, 1.54) is 0 Å². The molecule has 1 unspecified atom stereocenters. The van der Waals surface area contributed by atoms with Crippen LogP contribution in [0.4, 0.5) is 0 Å². The van der Waals surface area contributed by atoms with Crippen LogP contribution in [0.1, 0.15) is 27.4 Å². The van der Waals surface area contributed by atoms with Crippen LogP contribution in [0.5, 0.6) is 0 Å². The number of aromatic nitrogens is 2. The van der Waals surface area contributed by atoms with E-state index in [4.69, 9.17) is 0 Å². The highest BCUT2D eigenvalue weighted by molar-refractivity contribution is 6.16. The summed E-state index contributed by atoms with van der Waals surface area (Å²) < 4.78 is 1.83. The average Bonchev–Trinajstić information content (AvgIpc) is 3.17. The zero-order valence-corrected chi connectivity index (χ0v) is 11.9. The van der Waals surface area contributed by atoms with Gasteiger partial charge in [-0.2, -0.15) is 0 Å². The van der Waals surface area contributed by atoms with Crippen LogP contribution in [0.15, 0.2) is 78.9 Å². The standard InChI is InChI=1S/C19H14N2O/c22-19-16-9-5-4-8-15(16)18(14-6-2-1-3-7-14)17(19)12-21-11-10-20-13-21/h1-13,18H. The second-order valence-corrected chi connectivity index (χ2v) is 5.35. The van der Waals surface area contributed by atoms with E-state index in [0.29, 0.717) is 0 Å². The van der Waals surface area contributed by atoms with Crippen molar-refractivity contribution in [3.63, 3.8) is 0 Å². The number of fused-ring (bicyclic) bond motifs is 1. The topological polar surface area (TPSA) is 34.9 Å². The lowest BCUT2D eigenvalue weighted by Crippen LogP contribution is -2.03. The van der Waals surface area contributed by atoms with Crippen molar-refractivity contribution < 1.29 is 4.79 Å². The molecule has 0 radical (unpaired) electrons. The number of hydrogen-bond donors (Lipinski definition) is 0. The average molecular weight is 286 g/mol. The van der Waals surface area contributed by atoms with Gasteiger partial charge in [-0.15, -0.1) is 0 Å². The number of carbonyl (C=O) groups is 1. The Morgan fingerprint density at radius 1 is 1.00 bits per heavy atom. The van der Waals surface area contributed by atoms with Gasteiger partial charge in [0.15, 0.2) is 5.78 Å². The van der Waals surface area contributed by atoms with Crippen molar-refractivity contribution in [2.45, 2.75) is 5.92 Å². The maximum atomic E-state index is 12.8. The third-order valence-corrected chi connectivity index (χ3v) is 4.04. The Morgan fingerprint density at radius 3 is 2.55 bits per heavy atom. The summed E-state index contributed by atoms with van der Waals surface area (Å²) in [7, 11) is 0. The van der Waals surface area contributed by atoms with Gasteiger partial charge in [-0.05, 0) is 11.1 Å². The summed E-state index contributed by atoms with van der Waals surface area (Å²) in [5, 5.41) is 0. The number of hydrogen-bond acceptors (Lipinski definition) is 2. The van der Waals surface area contributed by atoms with Gasteiger partial charge >= 0.3 is 0 Å². The summed E-state index contributed by atoms with van der Waals surface area (Å²) in [5.74, 6) is 0.0745. The largest absolute Gasteiger partial charge is 0.313 e. The number of nitrogens with zero attached hydrogens (tertiary/aromatic N) is 2. The number of allylic oxidation sites excluding steroid dienone is 1. The molecule has 1 heterocycles. The number of benzene rings is 2. The van der Waals surface area contributed by atoms with E-state index in [0.717, 1.165) is 22.3 Å². The fourth-order valence-electron chi connectivity index (χ4n) is 3.05. The molecule has 0 N–H and O–H groups in total. The van der Waals surface area contributed by atoms with Gasteiger partial charge in [0.2, 0.25) is 0 Å². The van der Waals surface area contributed by atoms with Gasteiger partial charge in [0.1, 0.15) is 0 Å². The highest BCUT2D eigenvalue weighted by Gasteiger charge is 2.35. The molecule has 0 aliphatic heterocycles. The Kier molecular flexibility index (Phi) is 2.97. The van der Waals surface area contributed by atoms with Crippen LogP contribution in [0.2, 0.25) is 0 Å². The lowest BCUT2D eigenvalue weighted by atomic mass is 9.90. The van der Waals surface area contributed by atoms with Gasteiger partial charge in [-0.1, -0.05) is 54.6 Å². The van der Waals surface area contributed by atoms with Gasteiger partial charge in [0.05, 0.1) is 6.33 Å². The molecule has 0 bridgehead atoms. The molecular weight excluding hydrogens is 272 g/mol. The van der Waals surface area contributed by atoms with Crippen LogP contribution < -0.4 is 0 Å². The number of imidazole rings is 1. The minimum Gasteiger partial charge on any atom is -0.313 e. The first-order valence-electron chi connectivity index (χ1n) is 7.22. The molecule has 1 aliphatic rings. The second-order valence-electron chi connectivity index (χ2n) is 5.35. The summed E-state index contributed by atoms with van der Waals surface area (Å²) in [5.41, 5.74) is 3.78. The monoisotopic (exact) mass is 286 g/mol. The number of rotatable bonds is 2. The van der Waals surface area contributed by atoms with Crippen molar-refractivity contribution in [3.05, 3.63) is 95.6 Å². The Labute approximate surface area is 128 Å². The van der Waals surface area contributed by atoms with Crippen molar-refractivity contribution in [1.82, 2.24) is 9.55 Å². The van der Waals surface area contributed by atoms with Crippen LogP contribution in [0.3, 0.4) is 0 Å². The Morgan fingerprint density at radius 2 is 1.77 bits per heavy atom. The van der Waals surface area contributed by atoms with Crippen molar-refractivity contribution in [3.8, 4) is 0 Å². The second kappa shape index (κ2) is 5.11. The smallest absolute Gasteiger partial charge is 0.191 e. The molecule has 3 heteroatoms. The van der Waals surface area contributed by atoms with Crippen LogP contribution >= 0.6 is 0 Å². The maximum absolute atomic E-state index is 12.8. The number of ketones is 1. The first-order chi connectivity index (χ1) is 10.8. The third-order valence-electron chi connectivity index (χ3n) is 4.04. The summed E-state index contributed by atoms with van der Waals surface area (Å²) >= 11 is 0. The lowest BCUT2D eigenvalue weighted by Gasteiger charge is -2.13. The molecule has 106 valence electrons. The van der Waals surface area contributed by atoms with E-state index in [2.05, 4.69) is 17.1 Å². The van der Waals surface area contributed by atoms with Crippen LogP contribution in [0.25, 0.3) is 6.20 Å². The Bertz CT molecular complexity index is 848. The number of carbonyl (C=O) groups excluding carboxylic acids is 1. The number of Topliss-reactive ketones (excluding diaryl/α,β-unsaturated/α-hetero) is 1. The molecule has 1 aromatic heterocycles. The van der Waals surface area contributed by atoms with Crippen LogP contribution in [-0.4, -0.2) is 15.3 Å². The molecule has 3 aromatic rings. The third kappa shape index (κ3) is 1.99. The van der Waals surface area contributed by atoms with E-state index in [1.54, 1.807) is 12.5 Å². The van der Waals surface area contributed by atoms with E-state index in [9.17, 15) is 4.79 Å². The molecular formula is C19H14N2O. The van der Waals surface area contributed by atoms with Crippen LogP contribution in [0, 0.1) is 0 Å². The minimum absolute atomic E-state index is 0.0210. The van der Waals surface area contributed by atoms with Crippen molar-refractivity contribution in [2.75, 3.05) is 0 Å². The SMILES string of the molecule is O=C1C(=Cn2ccnc2)C(c2ccccc2)c2ccccc21. The molecule has 0 spiro atoms. The Hall–Kier alpha value is -2.94. The van der Waals surface area contributed by atoms with Crippen molar-refractivity contribution >= 4 is 12.0 Å². The maximum Gasteiger partial charge on any atom is 0.191 e. The quantitative estimate of drug-likeness (QED) is 0.672. The van der Waals surface area contributed by atoms with Gasteiger partial charge in [-0.3, -0.25) is 4.79 Å². The minimum atomic E-state index is -0.0210. The van der Waals surface area contributed by atoms with Gasteiger partial charge in [0, 0.05) is 35.6 Å². The molecule has 0 saturated carbocycles. The summed E-state index contributed by atoms with van der Waals surface area (Å²) in [6.45, 7) is 0. The van der Waals surface area contributed by atoms with Crippen molar-refractivity contribution in [2.24, 2.45) is 0 Å². The molecule has 3 nitrogen and oxygen atoms in total. The van der Waals surface area contributed by atoms with E-state index >= 15 is 0 Å². The van der Waals surface area contributed by atoms with E-state index < -0.39 is 0 Å². The lowest BCUT2D eigenvalue weighted by molar-refractivity contribution is 0.103. The van der Waals surface area contributed by atoms with Gasteiger partial charge < -0.3 is 4.57 Å². The first kappa shape index (κ1) is 12.8. The molecule has 2 aromatic carbocycles. The van der Waals surface area contributed by atoms with E-state index in [1.807, 2.05) is 59.4 Å². The summed E-state index contributed by atoms with van der Waals surface area (Å²) in [6.07, 6.45) is 7.13.